The predicted molar refractivity (Wildman–Crippen MR) is 69.9 cm³/mol. The molecule has 0 amide bonds. The Balaban J connectivity index is 3.05. The maximum atomic E-state index is 5.79. The summed E-state index contributed by atoms with van der Waals surface area (Å²) in [5, 5.41) is 0. The quantitative estimate of drug-likeness (QED) is 0.668. The average Bonchev–Trinajstić information content (AvgIpc) is 2.10. The maximum Gasteiger partial charge on any atom is 0.0474 e. The Hall–Kier alpha value is 0.470. The monoisotopic (exact) mass is 338 g/mol. The average molecular weight is 340 g/mol. The summed E-state index contributed by atoms with van der Waals surface area (Å²) < 4.78 is 2.30. The van der Waals surface area contributed by atoms with Crippen molar-refractivity contribution in [2.24, 2.45) is 5.92 Å². The second-order valence-corrected chi connectivity index (χ2v) is 5.75. The summed E-state index contributed by atoms with van der Waals surface area (Å²) in [4.78, 5) is 0. The first-order valence-corrected chi connectivity index (χ1v) is 6.69. The third-order valence-corrected chi connectivity index (χ3v) is 3.69. The van der Waals surface area contributed by atoms with Crippen LogP contribution in [-0.4, -0.2) is 0 Å². The van der Waals surface area contributed by atoms with Crippen LogP contribution in [0.1, 0.15) is 25.0 Å². The minimum atomic E-state index is 0.555. The lowest BCUT2D eigenvalue weighted by atomic mass is 10.0. The van der Waals surface area contributed by atoms with E-state index in [1.54, 1.807) is 0 Å². The fourth-order valence-corrected chi connectivity index (χ4v) is 3.10. The van der Waals surface area contributed by atoms with Crippen LogP contribution in [0.2, 0.25) is 0 Å². The van der Waals surface area contributed by atoms with E-state index in [1.807, 2.05) is 0 Å². The van der Waals surface area contributed by atoms with Gasteiger partial charge in [0.25, 0.3) is 0 Å². The van der Waals surface area contributed by atoms with Gasteiger partial charge >= 0.3 is 0 Å². The molecule has 0 saturated heterocycles. The first kappa shape index (κ1) is 12.5. The zero-order valence-electron chi connectivity index (χ0n) is 8.28. The SMILES string of the molecule is CC(C)Cc1c(Br)cc(CCl)cc1Br. The highest BCUT2D eigenvalue weighted by atomic mass is 79.9. The third kappa shape index (κ3) is 3.25. The number of benzene rings is 1. The molecule has 3 heteroatoms. The summed E-state index contributed by atoms with van der Waals surface area (Å²) in [6, 6.07) is 4.19. The molecule has 1 aromatic rings. The smallest absolute Gasteiger partial charge is 0.0474 e. The Morgan fingerprint density at radius 2 is 1.71 bits per heavy atom. The van der Waals surface area contributed by atoms with E-state index in [-0.39, 0.29) is 0 Å². The van der Waals surface area contributed by atoms with Crippen LogP contribution >= 0.6 is 43.5 Å². The standard InChI is InChI=1S/C11H13Br2Cl/c1-7(2)3-9-10(12)4-8(6-14)5-11(9)13/h4-5,7H,3,6H2,1-2H3. The summed E-state index contributed by atoms with van der Waals surface area (Å²) in [5.41, 5.74) is 2.46. The molecule has 0 nitrogen and oxygen atoms in total. The van der Waals surface area contributed by atoms with Gasteiger partial charge in [-0.25, -0.2) is 0 Å². The molecule has 78 valence electrons. The van der Waals surface area contributed by atoms with Crippen LogP contribution in [0.5, 0.6) is 0 Å². The zero-order valence-corrected chi connectivity index (χ0v) is 12.2. The molecule has 0 aromatic heterocycles. The molecule has 1 rings (SSSR count). The molecule has 0 fully saturated rings. The molecular formula is C11H13Br2Cl. The largest absolute Gasteiger partial charge is 0.122 e. The third-order valence-electron chi connectivity index (χ3n) is 1.97. The molecule has 0 heterocycles. The molecule has 0 aliphatic carbocycles. The van der Waals surface area contributed by atoms with Gasteiger partial charge in [0.2, 0.25) is 0 Å². The molecule has 0 N–H and O–H groups in total. The molecule has 0 radical (unpaired) electrons. The predicted octanol–water partition coefficient (Wildman–Crippen LogP) is 5.15. The van der Waals surface area contributed by atoms with Crippen LogP contribution in [-0.2, 0) is 12.3 Å². The molecule has 0 saturated carbocycles. The van der Waals surface area contributed by atoms with Crippen LogP contribution in [0.4, 0.5) is 0 Å². The summed E-state index contributed by atoms with van der Waals surface area (Å²) in [6.07, 6.45) is 1.07. The van der Waals surface area contributed by atoms with Crippen molar-refractivity contribution < 1.29 is 0 Å². The summed E-state index contributed by atoms with van der Waals surface area (Å²) in [5.74, 6) is 1.21. The first-order chi connectivity index (χ1) is 6.54. The van der Waals surface area contributed by atoms with Gasteiger partial charge in [0, 0.05) is 14.8 Å². The van der Waals surface area contributed by atoms with Gasteiger partial charge in [-0.15, -0.1) is 11.6 Å². The molecule has 0 spiro atoms. The molecule has 1 aromatic carbocycles. The first-order valence-electron chi connectivity index (χ1n) is 4.57. The van der Waals surface area contributed by atoms with Gasteiger partial charge in [0.1, 0.15) is 0 Å². The van der Waals surface area contributed by atoms with Crippen LogP contribution in [0.25, 0.3) is 0 Å². The van der Waals surface area contributed by atoms with Crippen LogP contribution in [0.3, 0.4) is 0 Å². The van der Waals surface area contributed by atoms with Crippen molar-refractivity contribution in [3.8, 4) is 0 Å². The van der Waals surface area contributed by atoms with Crippen molar-refractivity contribution in [2.75, 3.05) is 0 Å². The van der Waals surface area contributed by atoms with E-state index in [2.05, 4.69) is 57.8 Å². The fourth-order valence-electron chi connectivity index (χ4n) is 1.34. The molecule has 0 bridgehead atoms. The molecule has 0 aliphatic rings. The second-order valence-electron chi connectivity index (χ2n) is 3.77. The van der Waals surface area contributed by atoms with E-state index in [0.29, 0.717) is 11.8 Å². The van der Waals surface area contributed by atoms with Crippen molar-refractivity contribution in [1.29, 1.82) is 0 Å². The van der Waals surface area contributed by atoms with Crippen molar-refractivity contribution >= 4 is 43.5 Å². The Bertz CT molecular complexity index is 298. The fraction of sp³-hybridized carbons (Fsp3) is 0.455. The summed E-state index contributed by atoms with van der Waals surface area (Å²) in [6.45, 7) is 4.43. The van der Waals surface area contributed by atoms with Gasteiger partial charge in [-0.1, -0.05) is 45.7 Å². The van der Waals surface area contributed by atoms with E-state index in [9.17, 15) is 0 Å². The highest BCUT2D eigenvalue weighted by Gasteiger charge is 2.08. The highest BCUT2D eigenvalue weighted by Crippen LogP contribution is 2.30. The summed E-state index contributed by atoms with van der Waals surface area (Å²) in [7, 11) is 0. The van der Waals surface area contributed by atoms with Crippen molar-refractivity contribution in [3.63, 3.8) is 0 Å². The lowest BCUT2D eigenvalue weighted by Gasteiger charge is -2.11. The molecule has 0 aliphatic heterocycles. The van der Waals surface area contributed by atoms with Gasteiger partial charge in [0.05, 0.1) is 0 Å². The number of hydrogen-bond acceptors (Lipinski definition) is 0. The highest BCUT2D eigenvalue weighted by molar-refractivity contribution is 9.11. The van der Waals surface area contributed by atoms with Crippen LogP contribution < -0.4 is 0 Å². The van der Waals surface area contributed by atoms with Crippen molar-refractivity contribution in [2.45, 2.75) is 26.1 Å². The number of rotatable bonds is 3. The van der Waals surface area contributed by atoms with Crippen LogP contribution in [0.15, 0.2) is 21.1 Å². The number of alkyl halides is 1. The minimum Gasteiger partial charge on any atom is -0.122 e. The topological polar surface area (TPSA) is 0 Å². The Labute approximate surface area is 107 Å². The van der Waals surface area contributed by atoms with Crippen LogP contribution in [0, 0.1) is 5.92 Å². The van der Waals surface area contributed by atoms with E-state index in [4.69, 9.17) is 11.6 Å². The Morgan fingerprint density at radius 1 is 1.21 bits per heavy atom. The van der Waals surface area contributed by atoms with E-state index in [1.165, 1.54) is 5.56 Å². The Kier molecular flexibility index (Phi) is 4.95. The van der Waals surface area contributed by atoms with E-state index in [0.717, 1.165) is 20.9 Å². The van der Waals surface area contributed by atoms with Crippen molar-refractivity contribution in [3.05, 3.63) is 32.2 Å². The Morgan fingerprint density at radius 3 is 2.07 bits per heavy atom. The van der Waals surface area contributed by atoms with E-state index < -0.39 is 0 Å². The summed E-state index contributed by atoms with van der Waals surface area (Å²) >= 11 is 12.9. The van der Waals surface area contributed by atoms with Gasteiger partial charge < -0.3 is 0 Å². The lowest BCUT2D eigenvalue weighted by Crippen LogP contribution is -1.97. The maximum absolute atomic E-state index is 5.79. The van der Waals surface area contributed by atoms with Gasteiger partial charge in [-0.3, -0.25) is 0 Å². The van der Waals surface area contributed by atoms with Gasteiger partial charge in [-0.2, -0.15) is 0 Å². The molecule has 0 unspecified atom stereocenters. The molecule has 14 heavy (non-hydrogen) atoms. The van der Waals surface area contributed by atoms with Gasteiger partial charge in [0.15, 0.2) is 0 Å². The number of hydrogen-bond donors (Lipinski definition) is 0. The number of halogens is 3. The molecular weight excluding hydrogens is 327 g/mol. The minimum absolute atomic E-state index is 0.555. The normalized spacial score (nSPS) is 11.0. The zero-order chi connectivity index (χ0) is 10.7. The van der Waals surface area contributed by atoms with Crippen molar-refractivity contribution in [1.82, 2.24) is 0 Å². The second kappa shape index (κ2) is 5.53. The lowest BCUT2D eigenvalue weighted by molar-refractivity contribution is 0.644. The van der Waals surface area contributed by atoms with Gasteiger partial charge in [-0.05, 0) is 35.6 Å². The molecule has 0 atom stereocenters. The van der Waals surface area contributed by atoms with E-state index >= 15 is 0 Å².